The summed E-state index contributed by atoms with van der Waals surface area (Å²) in [5.41, 5.74) is 7.53. The summed E-state index contributed by atoms with van der Waals surface area (Å²) in [7, 11) is 0. The predicted molar refractivity (Wildman–Crippen MR) is 151 cm³/mol. The average Bonchev–Trinajstić information content (AvgIpc) is 3.09. The Morgan fingerprint density at radius 1 is 0.833 bits per heavy atom. The highest BCUT2D eigenvalue weighted by Gasteiger charge is 2.22. The van der Waals surface area contributed by atoms with E-state index in [1.165, 1.54) is 27.8 Å². The number of para-hydroxylation sites is 2. The molecule has 0 aromatic heterocycles. The molecule has 0 N–H and O–H groups in total. The molecule has 180 valence electrons. The molecule has 0 saturated heterocycles. The minimum Gasteiger partial charge on any atom is -0.457 e. The van der Waals surface area contributed by atoms with Gasteiger partial charge in [-0.3, -0.25) is 4.99 Å². The van der Waals surface area contributed by atoms with Gasteiger partial charge in [0.15, 0.2) is 0 Å². The molecule has 0 amide bonds. The van der Waals surface area contributed by atoms with Gasteiger partial charge in [-0.1, -0.05) is 103 Å². The molecule has 0 radical (unpaired) electrons. The van der Waals surface area contributed by atoms with E-state index in [2.05, 4.69) is 116 Å². The van der Waals surface area contributed by atoms with Crippen LogP contribution in [0.4, 0.5) is 0 Å². The SMILES string of the molecule is C/C(=N\CC/C=C/c1ccc(CCC2Cc3ccccc3Oc3ccccc32)cc1)c1ccccc1. The van der Waals surface area contributed by atoms with Crippen molar-refractivity contribution in [3.05, 3.63) is 137 Å². The summed E-state index contributed by atoms with van der Waals surface area (Å²) < 4.78 is 6.28. The highest BCUT2D eigenvalue weighted by Crippen LogP contribution is 2.40. The topological polar surface area (TPSA) is 21.6 Å². The third kappa shape index (κ3) is 6.01. The van der Waals surface area contributed by atoms with Gasteiger partial charge in [-0.2, -0.15) is 0 Å². The Balaban J connectivity index is 1.16. The van der Waals surface area contributed by atoms with Gasteiger partial charge in [0.25, 0.3) is 0 Å². The molecule has 0 bridgehead atoms. The fourth-order valence-corrected chi connectivity index (χ4v) is 4.87. The number of benzene rings is 4. The maximum atomic E-state index is 6.28. The van der Waals surface area contributed by atoms with E-state index in [0.29, 0.717) is 5.92 Å². The molecule has 1 heterocycles. The predicted octanol–water partition coefficient (Wildman–Crippen LogP) is 8.66. The van der Waals surface area contributed by atoms with E-state index >= 15 is 0 Å². The Morgan fingerprint density at radius 3 is 2.39 bits per heavy atom. The van der Waals surface area contributed by atoms with E-state index in [4.69, 9.17) is 9.73 Å². The normalized spacial score (nSPS) is 15.1. The lowest BCUT2D eigenvalue weighted by Crippen LogP contribution is -2.04. The molecule has 0 fully saturated rings. The largest absolute Gasteiger partial charge is 0.457 e. The van der Waals surface area contributed by atoms with Crippen molar-refractivity contribution < 1.29 is 4.74 Å². The first-order chi connectivity index (χ1) is 17.8. The van der Waals surface area contributed by atoms with Crippen molar-refractivity contribution in [3.8, 4) is 11.5 Å². The number of rotatable bonds is 8. The van der Waals surface area contributed by atoms with Gasteiger partial charge in [0, 0.05) is 12.3 Å². The first-order valence-corrected chi connectivity index (χ1v) is 12.9. The molecule has 0 aliphatic carbocycles. The lowest BCUT2D eigenvalue weighted by Gasteiger charge is -2.17. The summed E-state index contributed by atoms with van der Waals surface area (Å²) in [6.45, 7) is 2.89. The third-order valence-electron chi connectivity index (χ3n) is 6.93. The monoisotopic (exact) mass is 471 g/mol. The fraction of sp³-hybridized carbons (Fsp3) is 0.206. The number of aryl methyl sites for hydroxylation is 1. The smallest absolute Gasteiger partial charge is 0.130 e. The molecule has 2 heteroatoms. The van der Waals surface area contributed by atoms with Crippen LogP contribution >= 0.6 is 0 Å². The van der Waals surface area contributed by atoms with Crippen molar-refractivity contribution in [3.63, 3.8) is 0 Å². The van der Waals surface area contributed by atoms with Gasteiger partial charge >= 0.3 is 0 Å². The summed E-state index contributed by atoms with van der Waals surface area (Å²) in [6.07, 6.45) is 8.53. The van der Waals surface area contributed by atoms with Gasteiger partial charge in [-0.15, -0.1) is 0 Å². The van der Waals surface area contributed by atoms with E-state index < -0.39 is 0 Å². The molecular formula is C34H33NO. The quantitative estimate of drug-likeness (QED) is 0.186. The number of fused-ring (bicyclic) bond motifs is 2. The summed E-state index contributed by atoms with van der Waals surface area (Å²) in [6, 6.07) is 36.3. The maximum absolute atomic E-state index is 6.28. The fourth-order valence-electron chi connectivity index (χ4n) is 4.87. The van der Waals surface area contributed by atoms with Crippen LogP contribution in [0.25, 0.3) is 6.08 Å². The zero-order chi connectivity index (χ0) is 24.6. The van der Waals surface area contributed by atoms with Crippen molar-refractivity contribution in [1.29, 1.82) is 0 Å². The molecule has 1 aliphatic rings. The van der Waals surface area contributed by atoms with Gasteiger partial charge < -0.3 is 4.74 Å². The summed E-state index contributed by atoms with van der Waals surface area (Å²) in [5.74, 6) is 2.44. The van der Waals surface area contributed by atoms with Crippen LogP contribution in [0.2, 0.25) is 0 Å². The standard InChI is InChI=1S/C34H33NO/c1-26(29-12-3-2-4-13-29)35-24-10-9-11-27-18-20-28(21-19-27)22-23-30-25-31-14-5-7-16-33(31)36-34-17-8-6-15-32(30)34/h2-9,11-21,30H,10,22-25H2,1H3/b11-9+,35-26+. The minimum absolute atomic E-state index is 0.448. The Bertz CT molecular complexity index is 1340. The molecule has 0 spiro atoms. The van der Waals surface area contributed by atoms with Crippen LogP contribution < -0.4 is 4.74 Å². The lowest BCUT2D eigenvalue weighted by molar-refractivity contribution is 0.477. The molecule has 1 aliphatic heterocycles. The molecule has 4 aromatic carbocycles. The highest BCUT2D eigenvalue weighted by atomic mass is 16.5. The van der Waals surface area contributed by atoms with Crippen LogP contribution in [0, 0.1) is 0 Å². The van der Waals surface area contributed by atoms with Crippen LogP contribution in [0.15, 0.2) is 114 Å². The number of nitrogens with zero attached hydrogens (tertiary/aromatic N) is 1. The Hall–Kier alpha value is -3.91. The Morgan fingerprint density at radius 2 is 1.56 bits per heavy atom. The molecule has 4 aromatic rings. The van der Waals surface area contributed by atoms with E-state index in [1.54, 1.807) is 0 Å². The summed E-state index contributed by atoms with van der Waals surface area (Å²) in [5, 5.41) is 0. The van der Waals surface area contributed by atoms with E-state index in [1.807, 2.05) is 6.07 Å². The maximum Gasteiger partial charge on any atom is 0.130 e. The van der Waals surface area contributed by atoms with Crippen molar-refractivity contribution in [2.45, 2.75) is 38.5 Å². The van der Waals surface area contributed by atoms with E-state index in [9.17, 15) is 0 Å². The van der Waals surface area contributed by atoms with Crippen molar-refractivity contribution in [2.24, 2.45) is 4.99 Å². The Labute approximate surface area is 215 Å². The molecular weight excluding hydrogens is 438 g/mol. The van der Waals surface area contributed by atoms with Gasteiger partial charge in [-0.05, 0) is 78.5 Å². The second kappa shape index (κ2) is 11.7. The summed E-state index contributed by atoms with van der Waals surface area (Å²) >= 11 is 0. The van der Waals surface area contributed by atoms with Crippen LogP contribution in [-0.2, 0) is 12.8 Å². The number of aliphatic imine (C=N–C) groups is 1. The second-order valence-corrected chi connectivity index (χ2v) is 9.45. The first-order valence-electron chi connectivity index (χ1n) is 12.9. The van der Waals surface area contributed by atoms with E-state index in [-0.39, 0.29) is 0 Å². The molecule has 36 heavy (non-hydrogen) atoms. The van der Waals surface area contributed by atoms with Crippen LogP contribution in [0.1, 0.15) is 53.5 Å². The van der Waals surface area contributed by atoms with Crippen molar-refractivity contribution in [1.82, 2.24) is 0 Å². The third-order valence-corrected chi connectivity index (χ3v) is 6.93. The zero-order valence-electron chi connectivity index (χ0n) is 20.9. The molecule has 1 atom stereocenters. The average molecular weight is 472 g/mol. The van der Waals surface area contributed by atoms with Gasteiger partial charge in [0.05, 0.1) is 0 Å². The van der Waals surface area contributed by atoms with Crippen LogP contribution in [-0.4, -0.2) is 12.3 Å². The van der Waals surface area contributed by atoms with Crippen molar-refractivity contribution >= 4 is 11.8 Å². The minimum atomic E-state index is 0.448. The number of hydrogen-bond donors (Lipinski definition) is 0. The molecule has 2 nitrogen and oxygen atoms in total. The molecule has 5 rings (SSSR count). The molecule has 1 unspecified atom stereocenters. The van der Waals surface area contributed by atoms with Gasteiger partial charge in [0.2, 0.25) is 0 Å². The molecule has 0 saturated carbocycles. The van der Waals surface area contributed by atoms with Crippen LogP contribution in [0.5, 0.6) is 11.5 Å². The van der Waals surface area contributed by atoms with Crippen LogP contribution in [0.3, 0.4) is 0 Å². The van der Waals surface area contributed by atoms with Crippen molar-refractivity contribution in [2.75, 3.05) is 6.54 Å². The lowest BCUT2D eigenvalue weighted by atomic mass is 9.87. The number of hydrogen-bond acceptors (Lipinski definition) is 2. The van der Waals surface area contributed by atoms with Gasteiger partial charge in [-0.25, -0.2) is 0 Å². The number of ether oxygens (including phenoxy) is 1. The zero-order valence-corrected chi connectivity index (χ0v) is 20.9. The second-order valence-electron chi connectivity index (χ2n) is 9.45. The summed E-state index contributed by atoms with van der Waals surface area (Å²) in [4.78, 5) is 4.70. The highest BCUT2D eigenvalue weighted by molar-refractivity contribution is 5.98. The Kier molecular flexibility index (Phi) is 7.73. The van der Waals surface area contributed by atoms with Gasteiger partial charge in [0.1, 0.15) is 11.5 Å². The van der Waals surface area contributed by atoms with E-state index in [0.717, 1.165) is 49.4 Å². The first kappa shape index (κ1) is 23.8.